The number of aryl methyl sites for hydroxylation is 2. The van der Waals surface area contributed by atoms with E-state index < -0.39 is 12.7 Å². The molecule has 0 spiro atoms. The monoisotopic (exact) mass is 304 g/mol. The average molecular weight is 304 g/mol. The standard InChI is InChI=1S/C13H19F3N4O/c1-8-11(9(2)19-18-8)12(21)17-5-10-3-4-20(6-10)7-13(14,15)16/h10H,3-7H2,1-2H3,(H,17,21)(H,18,19). The number of aromatic nitrogens is 2. The van der Waals surface area contributed by atoms with E-state index in [1.54, 1.807) is 13.8 Å². The van der Waals surface area contributed by atoms with Crippen molar-refractivity contribution in [3.05, 3.63) is 17.0 Å². The fourth-order valence-electron chi connectivity index (χ4n) is 2.69. The normalized spacial score (nSPS) is 20.0. The van der Waals surface area contributed by atoms with E-state index in [9.17, 15) is 18.0 Å². The quantitative estimate of drug-likeness (QED) is 0.889. The third-order valence-electron chi connectivity index (χ3n) is 3.68. The smallest absolute Gasteiger partial charge is 0.352 e. The zero-order chi connectivity index (χ0) is 15.6. The molecule has 8 heteroatoms. The van der Waals surface area contributed by atoms with Crippen LogP contribution in [0.1, 0.15) is 28.2 Å². The van der Waals surface area contributed by atoms with Gasteiger partial charge in [-0.3, -0.25) is 14.8 Å². The van der Waals surface area contributed by atoms with E-state index in [1.165, 1.54) is 4.90 Å². The van der Waals surface area contributed by atoms with Gasteiger partial charge in [-0.25, -0.2) is 0 Å². The van der Waals surface area contributed by atoms with Gasteiger partial charge in [-0.15, -0.1) is 0 Å². The van der Waals surface area contributed by atoms with E-state index in [-0.39, 0.29) is 11.8 Å². The van der Waals surface area contributed by atoms with Crippen molar-refractivity contribution in [2.45, 2.75) is 26.4 Å². The number of rotatable bonds is 4. The van der Waals surface area contributed by atoms with Gasteiger partial charge in [0.2, 0.25) is 0 Å². The Kier molecular flexibility index (Phi) is 4.55. The molecule has 1 aliphatic heterocycles. The SMILES string of the molecule is Cc1n[nH]c(C)c1C(=O)NCC1CCN(CC(F)(F)F)C1. The summed E-state index contributed by atoms with van der Waals surface area (Å²) in [4.78, 5) is 13.4. The molecular formula is C13H19F3N4O. The Bertz CT molecular complexity index is 493. The van der Waals surface area contributed by atoms with Crippen LogP contribution in [0.3, 0.4) is 0 Å². The summed E-state index contributed by atoms with van der Waals surface area (Å²) in [5.41, 5.74) is 1.82. The first-order chi connectivity index (χ1) is 9.76. The summed E-state index contributed by atoms with van der Waals surface area (Å²) in [7, 11) is 0. The summed E-state index contributed by atoms with van der Waals surface area (Å²) in [5.74, 6) is -0.170. The van der Waals surface area contributed by atoms with Crippen LogP contribution >= 0.6 is 0 Å². The van der Waals surface area contributed by atoms with Crippen molar-refractivity contribution >= 4 is 5.91 Å². The highest BCUT2D eigenvalue weighted by molar-refractivity contribution is 5.96. The summed E-state index contributed by atoms with van der Waals surface area (Å²) >= 11 is 0. The minimum atomic E-state index is -4.16. The maximum absolute atomic E-state index is 12.3. The molecule has 0 saturated carbocycles. The number of H-pyrrole nitrogens is 1. The minimum Gasteiger partial charge on any atom is -0.352 e. The molecule has 2 N–H and O–H groups in total. The molecule has 1 fully saturated rings. The molecule has 5 nitrogen and oxygen atoms in total. The number of hydrogen-bond acceptors (Lipinski definition) is 3. The largest absolute Gasteiger partial charge is 0.401 e. The molecule has 118 valence electrons. The Morgan fingerprint density at radius 3 is 2.76 bits per heavy atom. The molecule has 0 bridgehead atoms. The first kappa shape index (κ1) is 15.8. The first-order valence-corrected chi connectivity index (χ1v) is 6.85. The van der Waals surface area contributed by atoms with E-state index in [0.29, 0.717) is 43.0 Å². The molecule has 1 aliphatic rings. The summed E-state index contributed by atoms with van der Waals surface area (Å²) in [6.07, 6.45) is -3.50. The van der Waals surface area contributed by atoms with Crippen LogP contribution in [-0.2, 0) is 0 Å². The van der Waals surface area contributed by atoms with Gasteiger partial charge in [-0.1, -0.05) is 0 Å². The Balaban J connectivity index is 1.81. The van der Waals surface area contributed by atoms with E-state index in [2.05, 4.69) is 15.5 Å². The summed E-state index contributed by atoms with van der Waals surface area (Å²) in [6, 6.07) is 0. The second kappa shape index (κ2) is 6.05. The van der Waals surface area contributed by atoms with Crippen molar-refractivity contribution in [3.8, 4) is 0 Å². The minimum absolute atomic E-state index is 0.0591. The molecule has 1 aromatic heterocycles. The molecule has 1 saturated heterocycles. The van der Waals surface area contributed by atoms with Crippen molar-refractivity contribution in [1.29, 1.82) is 0 Å². The van der Waals surface area contributed by atoms with Gasteiger partial charge in [0, 0.05) is 18.8 Å². The van der Waals surface area contributed by atoms with Crippen LogP contribution in [0.25, 0.3) is 0 Å². The van der Waals surface area contributed by atoms with Crippen LogP contribution in [0.2, 0.25) is 0 Å². The lowest BCUT2D eigenvalue weighted by molar-refractivity contribution is -0.143. The van der Waals surface area contributed by atoms with Crippen LogP contribution in [0.5, 0.6) is 0 Å². The van der Waals surface area contributed by atoms with Crippen molar-refractivity contribution in [2.75, 3.05) is 26.2 Å². The number of carbonyl (C=O) groups is 1. The Hall–Kier alpha value is -1.57. The Morgan fingerprint density at radius 2 is 2.19 bits per heavy atom. The first-order valence-electron chi connectivity index (χ1n) is 6.85. The van der Waals surface area contributed by atoms with E-state index in [0.717, 1.165) is 0 Å². The molecule has 1 amide bonds. The second-order valence-corrected chi connectivity index (χ2v) is 5.52. The highest BCUT2D eigenvalue weighted by atomic mass is 19.4. The molecule has 1 atom stereocenters. The van der Waals surface area contributed by atoms with Crippen LogP contribution < -0.4 is 5.32 Å². The number of halogens is 3. The maximum atomic E-state index is 12.3. The van der Waals surface area contributed by atoms with Gasteiger partial charge in [0.25, 0.3) is 5.91 Å². The molecule has 0 aromatic carbocycles. The lowest BCUT2D eigenvalue weighted by atomic mass is 10.1. The van der Waals surface area contributed by atoms with Crippen LogP contribution in [-0.4, -0.2) is 53.4 Å². The number of alkyl halides is 3. The maximum Gasteiger partial charge on any atom is 0.401 e. The number of likely N-dealkylation sites (tertiary alicyclic amines) is 1. The fourth-order valence-corrected chi connectivity index (χ4v) is 2.69. The molecule has 2 rings (SSSR count). The van der Waals surface area contributed by atoms with E-state index >= 15 is 0 Å². The topological polar surface area (TPSA) is 61.0 Å². The number of carbonyl (C=O) groups excluding carboxylic acids is 1. The Morgan fingerprint density at radius 1 is 1.48 bits per heavy atom. The Labute approximate surface area is 120 Å². The third kappa shape index (κ3) is 4.20. The average Bonchev–Trinajstić information content (AvgIpc) is 2.92. The van der Waals surface area contributed by atoms with Crippen LogP contribution in [0, 0.1) is 19.8 Å². The van der Waals surface area contributed by atoms with Crippen LogP contribution in [0.15, 0.2) is 0 Å². The predicted molar refractivity (Wildman–Crippen MR) is 71.0 cm³/mol. The van der Waals surface area contributed by atoms with Gasteiger partial charge in [-0.2, -0.15) is 18.3 Å². The number of aromatic amines is 1. The number of nitrogens with zero attached hydrogens (tertiary/aromatic N) is 2. The number of amides is 1. The van der Waals surface area contributed by atoms with Gasteiger partial charge in [0.15, 0.2) is 0 Å². The van der Waals surface area contributed by atoms with E-state index in [1.807, 2.05) is 0 Å². The van der Waals surface area contributed by atoms with Gasteiger partial charge in [-0.05, 0) is 32.7 Å². The molecule has 1 aromatic rings. The fraction of sp³-hybridized carbons (Fsp3) is 0.692. The molecule has 0 radical (unpaired) electrons. The third-order valence-corrected chi connectivity index (χ3v) is 3.68. The lowest BCUT2D eigenvalue weighted by Gasteiger charge is -2.18. The molecule has 1 unspecified atom stereocenters. The highest BCUT2D eigenvalue weighted by Crippen LogP contribution is 2.22. The van der Waals surface area contributed by atoms with E-state index in [4.69, 9.17) is 0 Å². The zero-order valence-corrected chi connectivity index (χ0v) is 12.0. The van der Waals surface area contributed by atoms with Gasteiger partial charge >= 0.3 is 6.18 Å². The summed E-state index contributed by atoms with van der Waals surface area (Å²) < 4.78 is 36.9. The number of hydrogen-bond donors (Lipinski definition) is 2. The zero-order valence-electron chi connectivity index (χ0n) is 12.0. The molecule has 0 aliphatic carbocycles. The highest BCUT2D eigenvalue weighted by Gasteiger charge is 2.34. The van der Waals surface area contributed by atoms with Gasteiger partial charge < -0.3 is 5.32 Å². The van der Waals surface area contributed by atoms with Crippen molar-refractivity contribution in [1.82, 2.24) is 20.4 Å². The lowest BCUT2D eigenvalue weighted by Crippen LogP contribution is -2.34. The molecular weight excluding hydrogens is 285 g/mol. The second-order valence-electron chi connectivity index (χ2n) is 5.52. The molecule has 21 heavy (non-hydrogen) atoms. The van der Waals surface area contributed by atoms with Crippen molar-refractivity contribution in [2.24, 2.45) is 5.92 Å². The summed E-state index contributed by atoms with van der Waals surface area (Å²) in [6.45, 7) is 3.79. The molecule has 2 heterocycles. The number of nitrogens with one attached hydrogen (secondary N) is 2. The predicted octanol–water partition coefficient (Wildman–Crippen LogP) is 1.64. The summed E-state index contributed by atoms with van der Waals surface area (Å²) in [5, 5.41) is 9.47. The van der Waals surface area contributed by atoms with Crippen molar-refractivity contribution < 1.29 is 18.0 Å². The van der Waals surface area contributed by atoms with Crippen LogP contribution in [0.4, 0.5) is 13.2 Å². The van der Waals surface area contributed by atoms with Crippen molar-refractivity contribution in [3.63, 3.8) is 0 Å². The van der Waals surface area contributed by atoms with Gasteiger partial charge in [0.1, 0.15) is 0 Å². The van der Waals surface area contributed by atoms with Gasteiger partial charge in [0.05, 0.1) is 17.8 Å².